The van der Waals surface area contributed by atoms with Gasteiger partial charge >= 0.3 is 12.0 Å². The number of anilines is 2. The summed E-state index contributed by atoms with van der Waals surface area (Å²) in [6.07, 6.45) is 4.11. The summed E-state index contributed by atoms with van der Waals surface area (Å²) < 4.78 is 23.6. The van der Waals surface area contributed by atoms with Gasteiger partial charge in [0, 0.05) is 11.1 Å². The zero-order valence-corrected chi connectivity index (χ0v) is 12.3. The van der Waals surface area contributed by atoms with Crippen LogP contribution >= 0.6 is 0 Å². The molecule has 0 radical (unpaired) electrons. The lowest BCUT2D eigenvalue weighted by Gasteiger charge is -2.08. The Labute approximate surface area is 131 Å². The molecule has 3 rings (SSSR count). The molecular formula is C14H9N5O3S. The molecule has 0 unspecified atom stereocenters. The number of hydrogen-bond donors (Lipinski definition) is 2. The highest BCUT2D eigenvalue weighted by atomic mass is 32.2. The standard InChI is InChI=1S/C14H9N5O3S/c1-15-13-16-7-11(8-17-13)19-14(20)18-10-3-2-9-4-5-23(21,22)12(9)6-10/h2-8H,(H2,18,19,20). The lowest BCUT2D eigenvalue weighted by atomic mass is 10.2. The van der Waals surface area contributed by atoms with Crippen LogP contribution in [0.25, 0.3) is 10.9 Å². The number of nitrogens with one attached hydrogen (secondary N) is 2. The number of sulfone groups is 1. The van der Waals surface area contributed by atoms with Crippen molar-refractivity contribution in [2.24, 2.45) is 0 Å². The first-order chi connectivity index (χ1) is 11.0. The number of hydrogen-bond acceptors (Lipinski definition) is 5. The third-order valence-corrected chi connectivity index (χ3v) is 4.46. The molecule has 0 saturated heterocycles. The molecule has 0 spiro atoms. The van der Waals surface area contributed by atoms with Crippen LogP contribution in [0.15, 0.2) is 40.9 Å². The SMILES string of the molecule is [C-]#[N+]c1ncc(NC(=O)Nc2ccc3c(c2)S(=O)(=O)C=C3)cn1. The Hall–Kier alpha value is -3.25. The van der Waals surface area contributed by atoms with Crippen molar-refractivity contribution in [2.75, 3.05) is 10.6 Å². The number of nitrogens with zero attached hydrogens (tertiary/aromatic N) is 3. The van der Waals surface area contributed by atoms with E-state index >= 15 is 0 Å². The topological polar surface area (TPSA) is 105 Å². The highest BCUT2D eigenvalue weighted by Crippen LogP contribution is 2.29. The molecule has 1 aliphatic rings. The number of benzene rings is 1. The maximum atomic E-state index is 11.9. The van der Waals surface area contributed by atoms with E-state index in [-0.39, 0.29) is 10.8 Å². The summed E-state index contributed by atoms with van der Waals surface area (Å²) >= 11 is 0. The van der Waals surface area contributed by atoms with Crippen molar-refractivity contribution >= 4 is 39.3 Å². The van der Waals surface area contributed by atoms with Crippen LogP contribution in [-0.4, -0.2) is 24.4 Å². The molecule has 0 atom stereocenters. The number of aromatic nitrogens is 2. The molecule has 1 aliphatic heterocycles. The minimum absolute atomic E-state index is 0.0210. The van der Waals surface area contributed by atoms with E-state index in [1.54, 1.807) is 12.1 Å². The van der Waals surface area contributed by atoms with Gasteiger partial charge in [0.15, 0.2) is 0 Å². The molecule has 2 amide bonds. The first kappa shape index (κ1) is 14.7. The minimum Gasteiger partial charge on any atom is -0.394 e. The van der Waals surface area contributed by atoms with Crippen molar-refractivity contribution in [3.05, 3.63) is 53.0 Å². The Morgan fingerprint density at radius 2 is 1.83 bits per heavy atom. The molecule has 1 aromatic carbocycles. The summed E-state index contributed by atoms with van der Waals surface area (Å²) in [5, 5.41) is 6.14. The van der Waals surface area contributed by atoms with Gasteiger partial charge in [0.25, 0.3) is 0 Å². The van der Waals surface area contributed by atoms with Crippen LogP contribution in [0, 0.1) is 6.57 Å². The summed E-state index contributed by atoms with van der Waals surface area (Å²) in [4.78, 5) is 22.5. The average molecular weight is 327 g/mol. The highest BCUT2D eigenvalue weighted by Gasteiger charge is 2.21. The van der Waals surface area contributed by atoms with E-state index in [0.717, 1.165) is 5.41 Å². The van der Waals surface area contributed by atoms with Crippen molar-refractivity contribution in [1.82, 2.24) is 9.97 Å². The molecule has 114 valence electrons. The number of rotatable bonds is 2. The lowest BCUT2D eigenvalue weighted by molar-refractivity contribution is 0.262. The maximum absolute atomic E-state index is 11.9. The van der Waals surface area contributed by atoms with Gasteiger partial charge in [0.1, 0.15) is 18.1 Å². The van der Waals surface area contributed by atoms with Gasteiger partial charge in [-0.15, -0.1) is 6.57 Å². The summed E-state index contributed by atoms with van der Waals surface area (Å²) in [5.74, 6) is -0.0210. The Morgan fingerprint density at radius 3 is 2.52 bits per heavy atom. The van der Waals surface area contributed by atoms with Crippen molar-refractivity contribution in [3.63, 3.8) is 0 Å². The highest BCUT2D eigenvalue weighted by molar-refractivity contribution is 7.94. The quantitative estimate of drug-likeness (QED) is 0.824. The molecule has 0 saturated carbocycles. The Balaban J connectivity index is 1.73. The summed E-state index contributed by atoms with van der Waals surface area (Å²) in [6, 6.07) is 4.03. The van der Waals surface area contributed by atoms with Crippen LogP contribution in [0.2, 0.25) is 0 Å². The molecule has 1 aromatic heterocycles. The number of carbonyl (C=O) groups is 1. The summed E-state index contributed by atoms with van der Waals surface area (Å²) in [6.45, 7) is 6.74. The van der Waals surface area contributed by atoms with E-state index in [1.165, 1.54) is 24.5 Å². The van der Waals surface area contributed by atoms with Gasteiger partial charge in [0.05, 0.1) is 4.90 Å². The van der Waals surface area contributed by atoms with Crippen molar-refractivity contribution in [1.29, 1.82) is 0 Å². The third kappa shape index (κ3) is 3.02. The van der Waals surface area contributed by atoms with Gasteiger partial charge in [-0.3, -0.25) is 0 Å². The van der Waals surface area contributed by atoms with Crippen LogP contribution in [0.3, 0.4) is 0 Å². The number of fused-ring (bicyclic) bond motifs is 1. The van der Waals surface area contributed by atoms with Crippen LogP contribution in [0.4, 0.5) is 22.1 Å². The van der Waals surface area contributed by atoms with Crippen LogP contribution < -0.4 is 10.6 Å². The fourth-order valence-electron chi connectivity index (χ4n) is 1.97. The monoisotopic (exact) mass is 327 g/mol. The zero-order chi connectivity index (χ0) is 16.4. The van der Waals surface area contributed by atoms with E-state index in [0.29, 0.717) is 16.9 Å². The predicted molar refractivity (Wildman–Crippen MR) is 83.6 cm³/mol. The van der Waals surface area contributed by atoms with Gasteiger partial charge in [-0.1, -0.05) is 6.07 Å². The van der Waals surface area contributed by atoms with E-state index in [4.69, 9.17) is 6.57 Å². The molecule has 2 heterocycles. The van der Waals surface area contributed by atoms with Gasteiger partial charge in [0.2, 0.25) is 9.84 Å². The third-order valence-electron chi connectivity index (χ3n) is 3.00. The lowest BCUT2D eigenvalue weighted by Crippen LogP contribution is -2.19. The van der Waals surface area contributed by atoms with E-state index in [1.807, 2.05) is 0 Å². The molecule has 8 nitrogen and oxygen atoms in total. The summed E-state index contributed by atoms with van der Waals surface area (Å²) in [5.41, 5.74) is 1.23. The van der Waals surface area contributed by atoms with Gasteiger partial charge in [-0.2, -0.15) is 9.97 Å². The van der Waals surface area contributed by atoms with Crippen LogP contribution in [0.5, 0.6) is 0 Å². The Morgan fingerprint density at radius 1 is 1.13 bits per heavy atom. The molecule has 0 aliphatic carbocycles. The van der Waals surface area contributed by atoms with Crippen LogP contribution in [-0.2, 0) is 9.84 Å². The predicted octanol–water partition coefficient (Wildman–Crippen LogP) is 2.43. The number of carbonyl (C=O) groups excluding carboxylic acids is 1. The second-order valence-electron chi connectivity index (χ2n) is 4.56. The normalized spacial score (nSPS) is 13.9. The number of amides is 2. The van der Waals surface area contributed by atoms with Gasteiger partial charge < -0.3 is 15.5 Å². The second kappa shape index (κ2) is 5.51. The summed E-state index contributed by atoms with van der Waals surface area (Å²) in [7, 11) is -3.43. The second-order valence-corrected chi connectivity index (χ2v) is 6.37. The first-order valence-corrected chi connectivity index (χ1v) is 7.87. The van der Waals surface area contributed by atoms with E-state index < -0.39 is 15.9 Å². The zero-order valence-electron chi connectivity index (χ0n) is 11.5. The molecule has 0 fully saturated rings. The first-order valence-electron chi connectivity index (χ1n) is 6.33. The molecule has 23 heavy (non-hydrogen) atoms. The van der Waals surface area contributed by atoms with Gasteiger partial charge in [-0.25, -0.2) is 13.2 Å². The molecule has 9 heteroatoms. The Bertz CT molecular complexity index is 959. The fraction of sp³-hybridized carbons (Fsp3) is 0. The van der Waals surface area contributed by atoms with Crippen molar-refractivity contribution in [2.45, 2.75) is 4.90 Å². The molecule has 2 N–H and O–H groups in total. The fourth-order valence-corrected chi connectivity index (χ4v) is 3.20. The molecule has 2 aromatic rings. The van der Waals surface area contributed by atoms with Crippen LogP contribution in [0.1, 0.15) is 5.56 Å². The Kier molecular flexibility index (Phi) is 3.51. The maximum Gasteiger partial charge on any atom is 0.371 e. The van der Waals surface area contributed by atoms with E-state index in [9.17, 15) is 13.2 Å². The molecular weight excluding hydrogens is 318 g/mol. The van der Waals surface area contributed by atoms with Crippen molar-refractivity contribution in [3.8, 4) is 0 Å². The smallest absolute Gasteiger partial charge is 0.371 e. The minimum atomic E-state index is -3.43. The average Bonchev–Trinajstić information content (AvgIpc) is 2.83. The molecule has 0 bridgehead atoms. The van der Waals surface area contributed by atoms with E-state index in [2.05, 4.69) is 25.4 Å². The van der Waals surface area contributed by atoms with Gasteiger partial charge in [-0.05, 0) is 23.8 Å². The number of urea groups is 1. The largest absolute Gasteiger partial charge is 0.394 e. The van der Waals surface area contributed by atoms with Crippen molar-refractivity contribution < 1.29 is 13.2 Å².